The lowest BCUT2D eigenvalue weighted by molar-refractivity contribution is 0.0945. The number of hydrogen-bond acceptors (Lipinski definition) is 5. The smallest absolute Gasteiger partial charge is 0.273 e. The van der Waals surface area contributed by atoms with Crippen molar-refractivity contribution in [1.82, 2.24) is 10.3 Å². The number of aromatic nitrogens is 1. The van der Waals surface area contributed by atoms with Crippen LogP contribution in [0.1, 0.15) is 21.9 Å². The van der Waals surface area contributed by atoms with Crippen molar-refractivity contribution in [3.8, 4) is 11.5 Å². The van der Waals surface area contributed by atoms with Crippen molar-refractivity contribution in [3.05, 3.63) is 77.8 Å². The van der Waals surface area contributed by atoms with Gasteiger partial charge in [-0.2, -0.15) is 0 Å². The number of carbonyl (C=O) groups excluding carboxylic acids is 1. The Bertz CT molecular complexity index is 877. The molecule has 7 heteroatoms. The van der Waals surface area contributed by atoms with Crippen LogP contribution >= 0.6 is 0 Å². The molecule has 0 aliphatic carbocycles. The number of carbonyl (C=O) groups is 1. The maximum absolute atomic E-state index is 12.8. The fourth-order valence-electron chi connectivity index (χ4n) is 2.27. The summed E-state index contributed by atoms with van der Waals surface area (Å²) in [6, 6.07) is 13.0. The molecular weight excluding hydrogens is 339 g/mol. The topological polar surface area (TPSA) is 73.6 Å². The fraction of sp³-hybridized carbons (Fsp3) is 0.158. The molecule has 3 aromatic rings. The molecule has 1 aromatic heterocycles. The van der Waals surface area contributed by atoms with E-state index in [0.717, 1.165) is 5.56 Å². The third-order valence-electron chi connectivity index (χ3n) is 3.59. The summed E-state index contributed by atoms with van der Waals surface area (Å²) < 4.78 is 28.8. The Morgan fingerprint density at radius 3 is 2.73 bits per heavy atom. The lowest BCUT2D eigenvalue weighted by Crippen LogP contribution is -2.23. The molecule has 0 saturated heterocycles. The standard InChI is InChI=1S/C19H17FN2O4/c1-24-17-5-3-2-4-13(17)10-21-19(23)16-11-26-18(22-16)12-25-15-8-6-14(20)7-9-15/h2-9,11H,10,12H2,1H3,(H,21,23). The van der Waals surface area contributed by atoms with Crippen LogP contribution < -0.4 is 14.8 Å². The van der Waals surface area contributed by atoms with Crippen LogP contribution in [0.25, 0.3) is 0 Å². The van der Waals surface area contributed by atoms with Crippen molar-refractivity contribution >= 4 is 5.91 Å². The number of nitrogens with zero attached hydrogens (tertiary/aromatic N) is 1. The number of amides is 1. The first-order chi connectivity index (χ1) is 12.7. The van der Waals surface area contributed by atoms with Crippen molar-refractivity contribution in [1.29, 1.82) is 0 Å². The summed E-state index contributed by atoms with van der Waals surface area (Å²) >= 11 is 0. The minimum Gasteiger partial charge on any atom is -0.496 e. The van der Waals surface area contributed by atoms with Crippen molar-refractivity contribution in [2.45, 2.75) is 13.2 Å². The van der Waals surface area contributed by atoms with E-state index in [2.05, 4.69) is 10.3 Å². The van der Waals surface area contributed by atoms with Gasteiger partial charge in [0.25, 0.3) is 5.91 Å². The van der Waals surface area contributed by atoms with Gasteiger partial charge in [0.2, 0.25) is 5.89 Å². The van der Waals surface area contributed by atoms with Crippen LogP contribution in [-0.2, 0) is 13.2 Å². The van der Waals surface area contributed by atoms with Gasteiger partial charge in [-0.15, -0.1) is 0 Å². The Kier molecular flexibility index (Phi) is 5.48. The van der Waals surface area contributed by atoms with Gasteiger partial charge in [-0.1, -0.05) is 18.2 Å². The molecule has 0 aliphatic rings. The van der Waals surface area contributed by atoms with Gasteiger partial charge in [-0.25, -0.2) is 9.37 Å². The molecular formula is C19H17FN2O4. The third-order valence-corrected chi connectivity index (χ3v) is 3.59. The molecule has 0 spiro atoms. The molecule has 1 N–H and O–H groups in total. The highest BCUT2D eigenvalue weighted by atomic mass is 19.1. The van der Waals surface area contributed by atoms with Crippen LogP contribution in [0.3, 0.4) is 0 Å². The zero-order valence-corrected chi connectivity index (χ0v) is 14.1. The molecule has 0 saturated carbocycles. The molecule has 0 bridgehead atoms. The number of oxazole rings is 1. The summed E-state index contributed by atoms with van der Waals surface area (Å²) in [5.74, 6) is 0.708. The Hall–Kier alpha value is -3.35. The quantitative estimate of drug-likeness (QED) is 0.703. The van der Waals surface area contributed by atoms with Crippen LogP contribution in [0, 0.1) is 5.82 Å². The van der Waals surface area contributed by atoms with E-state index in [-0.39, 0.29) is 29.9 Å². The average Bonchev–Trinajstić information content (AvgIpc) is 3.15. The third kappa shape index (κ3) is 4.38. The highest BCUT2D eigenvalue weighted by molar-refractivity contribution is 5.91. The second-order valence-electron chi connectivity index (χ2n) is 5.36. The van der Waals surface area contributed by atoms with Gasteiger partial charge in [-0.05, 0) is 30.3 Å². The summed E-state index contributed by atoms with van der Waals surface area (Å²) in [6.45, 7) is 0.336. The zero-order chi connectivity index (χ0) is 18.4. The summed E-state index contributed by atoms with van der Waals surface area (Å²) in [6.07, 6.45) is 1.26. The Morgan fingerprint density at radius 2 is 1.96 bits per heavy atom. The van der Waals surface area contributed by atoms with Crippen molar-refractivity contribution in [3.63, 3.8) is 0 Å². The maximum atomic E-state index is 12.8. The number of halogens is 1. The zero-order valence-electron chi connectivity index (χ0n) is 14.1. The number of benzene rings is 2. The molecule has 1 heterocycles. The summed E-state index contributed by atoms with van der Waals surface area (Å²) in [5.41, 5.74) is 1.00. The van der Waals surface area contributed by atoms with E-state index in [0.29, 0.717) is 18.0 Å². The van der Waals surface area contributed by atoms with Crippen LogP contribution in [0.2, 0.25) is 0 Å². The van der Waals surface area contributed by atoms with E-state index in [4.69, 9.17) is 13.9 Å². The summed E-state index contributed by atoms with van der Waals surface area (Å²) in [7, 11) is 1.58. The highest BCUT2D eigenvalue weighted by Crippen LogP contribution is 2.17. The maximum Gasteiger partial charge on any atom is 0.273 e. The van der Waals surface area contributed by atoms with E-state index in [1.165, 1.54) is 30.5 Å². The molecule has 1 amide bonds. The van der Waals surface area contributed by atoms with Crippen LogP contribution in [-0.4, -0.2) is 18.0 Å². The normalized spacial score (nSPS) is 10.4. The van der Waals surface area contributed by atoms with Gasteiger partial charge >= 0.3 is 0 Å². The Morgan fingerprint density at radius 1 is 1.19 bits per heavy atom. The van der Waals surface area contributed by atoms with Gasteiger partial charge in [0.05, 0.1) is 7.11 Å². The van der Waals surface area contributed by atoms with E-state index in [1.54, 1.807) is 7.11 Å². The van der Waals surface area contributed by atoms with Gasteiger partial charge < -0.3 is 19.2 Å². The second kappa shape index (κ2) is 8.15. The van der Waals surface area contributed by atoms with Crippen LogP contribution in [0.15, 0.2) is 59.2 Å². The molecule has 6 nitrogen and oxygen atoms in total. The lowest BCUT2D eigenvalue weighted by atomic mass is 10.2. The van der Waals surface area contributed by atoms with E-state index < -0.39 is 0 Å². The predicted molar refractivity (Wildman–Crippen MR) is 91.4 cm³/mol. The van der Waals surface area contributed by atoms with E-state index in [9.17, 15) is 9.18 Å². The number of nitrogens with one attached hydrogen (secondary N) is 1. The molecule has 134 valence electrons. The van der Waals surface area contributed by atoms with Crippen LogP contribution in [0.5, 0.6) is 11.5 Å². The summed E-state index contributed by atoms with van der Waals surface area (Å²) in [4.78, 5) is 16.3. The predicted octanol–water partition coefficient (Wildman–Crippen LogP) is 3.33. The largest absolute Gasteiger partial charge is 0.496 e. The Labute approximate surface area is 149 Å². The minimum absolute atomic E-state index is 0.0332. The van der Waals surface area contributed by atoms with Gasteiger partial charge in [-0.3, -0.25) is 4.79 Å². The minimum atomic E-state index is -0.368. The second-order valence-corrected chi connectivity index (χ2v) is 5.36. The molecule has 26 heavy (non-hydrogen) atoms. The Balaban J connectivity index is 1.55. The van der Waals surface area contributed by atoms with Crippen molar-refractivity contribution in [2.75, 3.05) is 7.11 Å². The van der Waals surface area contributed by atoms with Crippen molar-refractivity contribution < 1.29 is 23.1 Å². The van der Waals surface area contributed by atoms with E-state index >= 15 is 0 Å². The van der Waals surface area contributed by atoms with Crippen LogP contribution in [0.4, 0.5) is 4.39 Å². The molecule has 0 aliphatic heterocycles. The molecule has 0 atom stereocenters. The molecule has 3 rings (SSSR count). The highest BCUT2D eigenvalue weighted by Gasteiger charge is 2.13. The number of methoxy groups -OCH3 is 1. The first-order valence-electron chi connectivity index (χ1n) is 7.88. The number of hydrogen-bond donors (Lipinski definition) is 1. The van der Waals surface area contributed by atoms with Gasteiger partial charge in [0.1, 0.15) is 23.6 Å². The van der Waals surface area contributed by atoms with Crippen molar-refractivity contribution in [2.24, 2.45) is 0 Å². The number of rotatable bonds is 7. The molecule has 0 unspecified atom stereocenters. The van der Waals surface area contributed by atoms with E-state index in [1.807, 2.05) is 24.3 Å². The average molecular weight is 356 g/mol. The first-order valence-corrected chi connectivity index (χ1v) is 7.88. The van der Waals surface area contributed by atoms with Gasteiger partial charge in [0.15, 0.2) is 12.3 Å². The fourth-order valence-corrected chi connectivity index (χ4v) is 2.27. The SMILES string of the molecule is COc1ccccc1CNC(=O)c1coc(COc2ccc(F)cc2)n1. The molecule has 0 radical (unpaired) electrons. The molecule has 0 fully saturated rings. The number of ether oxygens (including phenoxy) is 2. The number of para-hydroxylation sites is 1. The summed E-state index contributed by atoms with van der Waals surface area (Å²) in [5, 5.41) is 2.76. The van der Waals surface area contributed by atoms with Gasteiger partial charge in [0, 0.05) is 12.1 Å². The first kappa shape index (κ1) is 17.5. The molecule has 2 aromatic carbocycles. The monoisotopic (exact) mass is 356 g/mol. The lowest BCUT2D eigenvalue weighted by Gasteiger charge is -2.08.